The Morgan fingerprint density at radius 1 is 1.02 bits per heavy atom. The zero-order valence-corrected chi connectivity index (χ0v) is 27.2. The number of aromatic nitrogens is 4. The van der Waals surface area contributed by atoms with Gasteiger partial charge in [-0.1, -0.05) is 12.1 Å². The molecule has 246 valence electrons. The van der Waals surface area contributed by atoms with Crippen LogP contribution in [0.15, 0.2) is 55.0 Å². The molecule has 47 heavy (non-hydrogen) atoms. The Labute approximate surface area is 274 Å². The number of fused-ring (bicyclic) bond motifs is 2. The van der Waals surface area contributed by atoms with Crippen molar-refractivity contribution in [1.82, 2.24) is 30.2 Å². The van der Waals surface area contributed by atoms with Crippen LogP contribution >= 0.6 is 0 Å². The molecule has 3 aromatic heterocycles. The number of hydrogen-bond donors (Lipinski definition) is 3. The summed E-state index contributed by atoms with van der Waals surface area (Å²) in [6.07, 6.45) is 4.78. The van der Waals surface area contributed by atoms with Crippen molar-refractivity contribution in [3.05, 3.63) is 66.2 Å². The van der Waals surface area contributed by atoms with Crippen molar-refractivity contribution >= 4 is 34.5 Å². The zero-order valence-electron chi connectivity index (χ0n) is 27.2. The maximum Gasteiger partial charge on any atom is 0.407 e. The average molecular weight is 639 g/mol. The minimum absolute atomic E-state index is 0.0193. The first-order valence-corrected chi connectivity index (χ1v) is 16.4. The van der Waals surface area contributed by atoms with Crippen LogP contribution in [0.5, 0.6) is 0 Å². The standard InChI is InChI=1S/C35H42N8O4/c1-35(2,3)47-34(45)40-27-5-4-12-42(18-27)15-22-10-11-36-30(13-22)33(44)39-26-8-6-23(7-9-26)29-14-28-31(41-29)37-21-38-32(28)43-16-24-19-46-20-25(24)17-43/h6-11,13-14,21,24-25,27H,4-5,12,15-20H2,1-3H3,(H,39,44)(H,40,45)(H,37,38,41)/t24?,25?,27-/m1/s1. The van der Waals surface area contributed by atoms with Crippen molar-refractivity contribution in [3.8, 4) is 11.3 Å². The molecule has 2 amide bonds. The average Bonchev–Trinajstić information content (AvgIpc) is 3.76. The number of H-pyrrole nitrogens is 1. The molecular weight excluding hydrogens is 596 g/mol. The molecule has 0 saturated carbocycles. The van der Waals surface area contributed by atoms with Gasteiger partial charge in [-0.2, -0.15) is 0 Å². The Balaban J connectivity index is 0.967. The van der Waals surface area contributed by atoms with Gasteiger partial charge in [0.2, 0.25) is 0 Å². The number of hydrogen-bond acceptors (Lipinski definition) is 9. The number of pyridine rings is 1. The van der Waals surface area contributed by atoms with E-state index in [2.05, 4.69) is 46.4 Å². The molecule has 0 aliphatic carbocycles. The smallest absolute Gasteiger partial charge is 0.407 e. The van der Waals surface area contributed by atoms with Crippen LogP contribution in [0.25, 0.3) is 22.3 Å². The molecule has 3 saturated heterocycles. The maximum atomic E-state index is 13.2. The zero-order chi connectivity index (χ0) is 32.5. The van der Waals surface area contributed by atoms with Gasteiger partial charge in [0.15, 0.2) is 0 Å². The molecule has 3 aliphatic heterocycles. The molecule has 3 fully saturated rings. The summed E-state index contributed by atoms with van der Waals surface area (Å²) in [6, 6.07) is 13.6. The Morgan fingerprint density at radius 3 is 2.57 bits per heavy atom. The lowest BCUT2D eigenvalue weighted by Gasteiger charge is -2.33. The Bertz CT molecular complexity index is 1740. The predicted octanol–water partition coefficient (Wildman–Crippen LogP) is 4.84. The molecule has 4 aromatic rings. The van der Waals surface area contributed by atoms with Gasteiger partial charge in [-0.25, -0.2) is 14.8 Å². The second kappa shape index (κ2) is 12.9. The van der Waals surface area contributed by atoms with E-state index in [-0.39, 0.29) is 18.0 Å². The van der Waals surface area contributed by atoms with Crippen molar-refractivity contribution in [2.45, 2.75) is 51.8 Å². The second-order valence-electron chi connectivity index (χ2n) is 13.9. The highest BCUT2D eigenvalue weighted by Gasteiger charge is 2.38. The number of nitrogens with one attached hydrogen (secondary N) is 3. The largest absolute Gasteiger partial charge is 0.444 e. The van der Waals surface area contributed by atoms with Crippen LogP contribution < -0.4 is 15.5 Å². The first kappa shape index (κ1) is 31.1. The quantitative estimate of drug-likeness (QED) is 0.260. The van der Waals surface area contributed by atoms with Crippen LogP contribution in [0.4, 0.5) is 16.3 Å². The highest BCUT2D eigenvalue weighted by atomic mass is 16.6. The number of carbonyl (C=O) groups is 2. The van der Waals surface area contributed by atoms with E-state index in [0.29, 0.717) is 36.3 Å². The fraction of sp³-hybridized carbons (Fsp3) is 0.457. The van der Waals surface area contributed by atoms with E-state index in [1.807, 2.05) is 57.2 Å². The number of anilines is 2. The fourth-order valence-corrected chi connectivity index (χ4v) is 6.87. The van der Waals surface area contributed by atoms with Gasteiger partial charge in [0.25, 0.3) is 5.91 Å². The third-order valence-electron chi connectivity index (χ3n) is 9.09. The second-order valence-corrected chi connectivity index (χ2v) is 13.9. The summed E-state index contributed by atoms with van der Waals surface area (Å²) in [4.78, 5) is 47.0. The fourth-order valence-electron chi connectivity index (χ4n) is 6.87. The summed E-state index contributed by atoms with van der Waals surface area (Å²) < 4.78 is 11.1. The van der Waals surface area contributed by atoms with E-state index in [9.17, 15) is 9.59 Å². The molecule has 12 heteroatoms. The van der Waals surface area contributed by atoms with Gasteiger partial charge in [-0.05, 0) is 81.6 Å². The summed E-state index contributed by atoms with van der Waals surface area (Å²) in [6.45, 7) is 11.4. The van der Waals surface area contributed by atoms with E-state index in [1.165, 1.54) is 0 Å². The lowest BCUT2D eigenvalue weighted by Crippen LogP contribution is -2.48. The van der Waals surface area contributed by atoms with E-state index >= 15 is 0 Å². The van der Waals surface area contributed by atoms with E-state index in [1.54, 1.807) is 12.5 Å². The number of amides is 2. The lowest BCUT2D eigenvalue weighted by atomic mass is 10.0. The summed E-state index contributed by atoms with van der Waals surface area (Å²) in [5.74, 6) is 1.82. The highest BCUT2D eigenvalue weighted by Crippen LogP contribution is 2.36. The molecule has 3 N–H and O–H groups in total. The third-order valence-corrected chi connectivity index (χ3v) is 9.09. The molecule has 12 nitrogen and oxygen atoms in total. The molecule has 6 heterocycles. The van der Waals surface area contributed by atoms with Crippen LogP contribution in [0.2, 0.25) is 0 Å². The topological polar surface area (TPSA) is 138 Å². The number of carbonyl (C=O) groups excluding carboxylic acids is 2. The normalized spacial score (nSPS) is 21.5. The van der Waals surface area contributed by atoms with Crippen LogP contribution in [0, 0.1) is 11.8 Å². The van der Waals surface area contributed by atoms with Crippen molar-refractivity contribution in [2.75, 3.05) is 49.6 Å². The van der Waals surface area contributed by atoms with Crippen LogP contribution in [-0.4, -0.2) is 87.9 Å². The molecule has 1 aromatic carbocycles. The Hall–Kier alpha value is -4.55. The minimum Gasteiger partial charge on any atom is -0.444 e. The van der Waals surface area contributed by atoms with E-state index in [4.69, 9.17) is 9.47 Å². The van der Waals surface area contributed by atoms with Crippen LogP contribution in [0.1, 0.15) is 49.7 Å². The summed E-state index contributed by atoms with van der Waals surface area (Å²) >= 11 is 0. The molecule has 3 atom stereocenters. The van der Waals surface area contributed by atoms with Crippen LogP contribution in [0.3, 0.4) is 0 Å². The van der Waals surface area contributed by atoms with Gasteiger partial charge in [0.1, 0.15) is 29.1 Å². The van der Waals surface area contributed by atoms with Gasteiger partial charge < -0.3 is 30.0 Å². The molecule has 2 unspecified atom stereocenters. The number of likely N-dealkylation sites (tertiary alicyclic amines) is 1. The van der Waals surface area contributed by atoms with Gasteiger partial charge in [-0.3, -0.25) is 14.7 Å². The van der Waals surface area contributed by atoms with E-state index in [0.717, 1.165) is 79.4 Å². The Morgan fingerprint density at radius 2 is 1.81 bits per heavy atom. The van der Waals surface area contributed by atoms with Crippen LogP contribution in [-0.2, 0) is 16.0 Å². The minimum atomic E-state index is -0.532. The first-order chi connectivity index (χ1) is 22.7. The number of aromatic amines is 1. The van der Waals surface area contributed by atoms with Gasteiger partial charge in [-0.15, -0.1) is 0 Å². The van der Waals surface area contributed by atoms with Crippen molar-refractivity contribution in [1.29, 1.82) is 0 Å². The van der Waals surface area contributed by atoms with Crippen molar-refractivity contribution in [2.24, 2.45) is 11.8 Å². The monoisotopic (exact) mass is 638 g/mol. The number of alkyl carbamates (subject to hydrolysis) is 1. The van der Waals surface area contributed by atoms with Gasteiger partial charge in [0, 0.05) is 61.6 Å². The third kappa shape index (κ3) is 7.23. The molecular formula is C35H42N8O4. The molecule has 0 radical (unpaired) electrons. The van der Waals surface area contributed by atoms with E-state index < -0.39 is 5.60 Å². The number of benzene rings is 1. The number of nitrogens with zero attached hydrogens (tertiary/aromatic N) is 5. The highest BCUT2D eigenvalue weighted by molar-refractivity contribution is 6.03. The predicted molar refractivity (Wildman–Crippen MR) is 179 cm³/mol. The number of ether oxygens (including phenoxy) is 2. The Kier molecular flexibility index (Phi) is 8.54. The molecule has 3 aliphatic rings. The summed E-state index contributed by atoms with van der Waals surface area (Å²) in [5, 5.41) is 6.98. The number of rotatable bonds is 7. The van der Waals surface area contributed by atoms with Gasteiger partial charge in [0.05, 0.1) is 18.6 Å². The molecule has 7 rings (SSSR count). The number of piperidine rings is 1. The van der Waals surface area contributed by atoms with Gasteiger partial charge >= 0.3 is 6.09 Å². The maximum absolute atomic E-state index is 13.2. The SMILES string of the molecule is CC(C)(C)OC(=O)N[C@@H]1CCCN(Cc2ccnc(C(=O)Nc3ccc(-c4cc5c(N6CC7COCC7C6)ncnc5[nH]4)cc3)c2)C1. The van der Waals surface area contributed by atoms with Crippen molar-refractivity contribution < 1.29 is 19.1 Å². The lowest BCUT2D eigenvalue weighted by molar-refractivity contribution is 0.0470. The summed E-state index contributed by atoms with van der Waals surface area (Å²) in [7, 11) is 0. The van der Waals surface area contributed by atoms with Crippen molar-refractivity contribution in [3.63, 3.8) is 0 Å². The molecule has 0 bridgehead atoms. The molecule has 0 spiro atoms. The summed E-state index contributed by atoms with van der Waals surface area (Å²) in [5.41, 5.74) is 4.23. The first-order valence-electron chi connectivity index (χ1n) is 16.4.